The number of aliphatic imine (C=N–C) groups is 1. The summed E-state index contributed by atoms with van der Waals surface area (Å²) in [5.41, 5.74) is 2.58. The molecule has 1 aliphatic rings. The number of hydrogen-bond donors (Lipinski definition) is 2. The van der Waals surface area contributed by atoms with E-state index in [1.165, 1.54) is 11.1 Å². The molecule has 1 aromatic rings. The van der Waals surface area contributed by atoms with Gasteiger partial charge in [0.25, 0.3) is 0 Å². The van der Waals surface area contributed by atoms with Crippen molar-refractivity contribution in [3.8, 4) is 0 Å². The van der Waals surface area contributed by atoms with Crippen LogP contribution in [-0.4, -0.2) is 63.0 Å². The van der Waals surface area contributed by atoms with E-state index in [-0.39, 0.29) is 0 Å². The normalized spacial score (nSPS) is 18.2. The number of morpholine rings is 1. The second kappa shape index (κ2) is 13.6. The fourth-order valence-corrected chi connectivity index (χ4v) is 3.33. The lowest BCUT2D eigenvalue weighted by atomic mass is 10.1. The number of benzene rings is 1. The Balaban J connectivity index is 1.80. The summed E-state index contributed by atoms with van der Waals surface area (Å²) in [6.45, 7) is 16.4. The van der Waals surface area contributed by atoms with Crippen LogP contribution < -0.4 is 10.6 Å². The Hall–Kier alpha value is -1.63. The third-order valence-electron chi connectivity index (χ3n) is 4.70. The topological polar surface area (TPSA) is 58.1 Å². The van der Waals surface area contributed by atoms with Gasteiger partial charge in [0.2, 0.25) is 0 Å². The third kappa shape index (κ3) is 10.1. The van der Waals surface area contributed by atoms with Gasteiger partial charge in [0.15, 0.2) is 5.96 Å². The van der Waals surface area contributed by atoms with E-state index in [0.29, 0.717) is 18.6 Å². The Morgan fingerprint density at radius 1 is 1.31 bits per heavy atom. The first-order valence-corrected chi connectivity index (χ1v) is 11.1. The lowest BCUT2D eigenvalue weighted by Crippen LogP contribution is -2.40. The second-order valence-corrected chi connectivity index (χ2v) is 8.18. The fourth-order valence-electron chi connectivity index (χ4n) is 3.33. The number of nitrogens with one attached hydrogen (secondary N) is 2. The molecule has 0 aliphatic carbocycles. The van der Waals surface area contributed by atoms with E-state index in [1.54, 1.807) is 0 Å². The van der Waals surface area contributed by atoms with Gasteiger partial charge in [-0.05, 0) is 37.3 Å². The van der Waals surface area contributed by atoms with Crippen molar-refractivity contribution >= 4 is 5.96 Å². The van der Waals surface area contributed by atoms with E-state index < -0.39 is 0 Å². The highest BCUT2D eigenvalue weighted by Crippen LogP contribution is 2.12. The van der Waals surface area contributed by atoms with Crippen molar-refractivity contribution in [3.05, 3.63) is 35.4 Å². The molecule has 6 nitrogen and oxygen atoms in total. The largest absolute Gasteiger partial charge is 0.381 e. The highest BCUT2D eigenvalue weighted by molar-refractivity contribution is 5.79. The molecule has 1 heterocycles. The Bertz CT molecular complexity index is 606. The van der Waals surface area contributed by atoms with Crippen molar-refractivity contribution in [1.29, 1.82) is 0 Å². The Morgan fingerprint density at radius 3 is 2.90 bits per heavy atom. The molecule has 1 fully saturated rings. The summed E-state index contributed by atoms with van der Waals surface area (Å²) >= 11 is 0. The van der Waals surface area contributed by atoms with Crippen molar-refractivity contribution < 1.29 is 9.47 Å². The molecule has 1 aliphatic heterocycles. The predicted octanol–water partition coefficient (Wildman–Crippen LogP) is 3.03. The quantitative estimate of drug-likeness (QED) is 0.337. The van der Waals surface area contributed by atoms with Gasteiger partial charge in [0.05, 0.1) is 19.3 Å². The summed E-state index contributed by atoms with van der Waals surface area (Å²) in [6.07, 6.45) is 1.30. The van der Waals surface area contributed by atoms with Gasteiger partial charge in [-0.25, -0.2) is 4.99 Å². The zero-order chi connectivity index (χ0) is 20.9. The summed E-state index contributed by atoms with van der Waals surface area (Å²) in [4.78, 5) is 7.21. The van der Waals surface area contributed by atoms with Gasteiger partial charge < -0.3 is 20.1 Å². The third-order valence-corrected chi connectivity index (χ3v) is 4.70. The highest BCUT2D eigenvalue weighted by Gasteiger charge is 2.16. The van der Waals surface area contributed by atoms with Crippen molar-refractivity contribution in [2.45, 2.75) is 53.3 Å². The second-order valence-electron chi connectivity index (χ2n) is 8.18. The van der Waals surface area contributed by atoms with Crippen molar-refractivity contribution in [2.75, 3.05) is 46.0 Å². The van der Waals surface area contributed by atoms with E-state index >= 15 is 0 Å². The zero-order valence-corrected chi connectivity index (χ0v) is 18.7. The van der Waals surface area contributed by atoms with E-state index in [1.807, 2.05) is 0 Å². The molecule has 0 spiro atoms. The highest BCUT2D eigenvalue weighted by atomic mass is 16.5. The number of guanidine groups is 1. The van der Waals surface area contributed by atoms with Crippen LogP contribution >= 0.6 is 0 Å². The number of hydrogen-bond acceptors (Lipinski definition) is 4. The van der Waals surface area contributed by atoms with Gasteiger partial charge in [-0.1, -0.05) is 38.1 Å². The Morgan fingerprint density at radius 2 is 2.14 bits per heavy atom. The Kier molecular flexibility index (Phi) is 11.1. The summed E-state index contributed by atoms with van der Waals surface area (Å²) in [5, 5.41) is 6.72. The molecule has 1 unspecified atom stereocenters. The minimum atomic E-state index is 0.320. The van der Waals surface area contributed by atoms with Crippen LogP contribution in [0.15, 0.2) is 29.3 Å². The molecular weight excluding hydrogens is 364 g/mol. The summed E-state index contributed by atoms with van der Waals surface area (Å²) in [7, 11) is 0. The molecule has 0 radical (unpaired) electrons. The average Bonchev–Trinajstić information content (AvgIpc) is 2.69. The molecule has 0 amide bonds. The van der Waals surface area contributed by atoms with Crippen LogP contribution in [0.5, 0.6) is 0 Å². The van der Waals surface area contributed by atoms with Crippen LogP contribution in [0, 0.1) is 5.92 Å². The lowest BCUT2D eigenvalue weighted by molar-refractivity contribution is -0.0212. The standard InChI is InChI=1S/C23H40N4O2/c1-5-24-23(25-10-7-12-28-18-19(2)3)26-15-21-8-6-9-22(14-21)17-27-11-13-29-20(4)16-27/h6,8-9,14,19-20H,5,7,10-13,15-18H2,1-4H3,(H2,24,25,26). The predicted molar refractivity (Wildman–Crippen MR) is 120 cm³/mol. The molecule has 0 bridgehead atoms. The lowest BCUT2D eigenvalue weighted by Gasteiger charge is -2.31. The van der Waals surface area contributed by atoms with E-state index in [0.717, 1.165) is 64.9 Å². The molecule has 2 N–H and O–H groups in total. The summed E-state index contributed by atoms with van der Waals surface area (Å²) in [6, 6.07) is 8.76. The average molecular weight is 405 g/mol. The molecule has 2 rings (SSSR count). The zero-order valence-electron chi connectivity index (χ0n) is 18.7. The van der Waals surface area contributed by atoms with E-state index in [4.69, 9.17) is 14.5 Å². The van der Waals surface area contributed by atoms with Crippen molar-refractivity contribution in [1.82, 2.24) is 15.5 Å². The summed E-state index contributed by atoms with van der Waals surface area (Å²) in [5.74, 6) is 1.45. The van der Waals surface area contributed by atoms with Crippen LogP contribution in [0.4, 0.5) is 0 Å². The van der Waals surface area contributed by atoms with Gasteiger partial charge in [-0.2, -0.15) is 0 Å². The molecule has 0 aromatic heterocycles. The number of rotatable bonds is 11. The SMILES string of the molecule is CCNC(=NCc1cccc(CN2CCOC(C)C2)c1)NCCCOCC(C)C. The van der Waals surface area contributed by atoms with Crippen LogP contribution in [0.25, 0.3) is 0 Å². The minimum absolute atomic E-state index is 0.320. The number of nitrogens with zero attached hydrogens (tertiary/aromatic N) is 2. The van der Waals surface area contributed by atoms with Gasteiger partial charge in [0, 0.05) is 45.9 Å². The molecule has 1 saturated heterocycles. The van der Waals surface area contributed by atoms with E-state index in [2.05, 4.69) is 67.5 Å². The van der Waals surface area contributed by atoms with Crippen LogP contribution in [0.2, 0.25) is 0 Å². The van der Waals surface area contributed by atoms with Crippen LogP contribution in [0.3, 0.4) is 0 Å². The van der Waals surface area contributed by atoms with Gasteiger partial charge in [-0.3, -0.25) is 4.90 Å². The molecule has 1 aromatic carbocycles. The first-order valence-electron chi connectivity index (χ1n) is 11.1. The molecule has 29 heavy (non-hydrogen) atoms. The van der Waals surface area contributed by atoms with Crippen LogP contribution in [-0.2, 0) is 22.6 Å². The van der Waals surface area contributed by atoms with Crippen molar-refractivity contribution in [2.24, 2.45) is 10.9 Å². The maximum Gasteiger partial charge on any atom is 0.191 e. The first-order chi connectivity index (χ1) is 14.1. The molecule has 0 saturated carbocycles. The maximum atomic E-state index is 5.64. The molecular formula is C23H40N4O2. The first kappa shape index (κ1) is 23.6. The maximum absolute atomic E-state index is 5.64. The summed E-state index contributed by atoms with van der Waals surface area (Å²) < 4.78 is 11.3. The smallest absolute Gasteiger partial charge is 0.191 e. The molecule has 6 heteroatoms. The number of ether oxygens (including phenoxy) is 2. The fraction of sp³-hybridized carbons (Fsp3) is 0.696. The molecule has 164 valence electrons. The van der Waals surface area contributed by atoms with Gasteiger partial charge >= 0.3 is 0 Å². The Labute approximate surface area is 177 Å². The molecule has 1 atom stereocenters. The van der Waals surface area contributed by atoms with Crippen molar-refractivity contribution in [3.63, 3.8) is 0 Å². The van der Waals surface area contributed by atoms with Gasteiger partial charge in [-0.15, -0.1) is 0 Å². The van der Waals surface area contributed by atoms with E-state index in [9.17, 15) is 0 Å². The monoisotopic (exact) mass is 404 g/mol. The van der Waals surface area contributed by atoms with Gasteiger partial charge in [0.1, 0.15) is 0 Å². The minimum Gasteiger partial charge on any atom is -0.381 e. The van der Waals surface area contributed by atoms with Crippen LogP contribution in [0.1, 0.15) is 45.2 Å².